The van der Waals surface area contributed by atoms with Gasteiger partial charge in [0.05, 0.1) is 25.9 Å². The van der Waals surface area contributed by atoms with Gasteiger partial charge in [0, 0.05) is 10.5 Å². The zero-order chi connectivity index (χ0) is 16.8. The van der Waals surface area contributed by atoms with Gasteiger partial charge in [0.25, 0.3) is 0 Å². The molecule has 0 radical (unpaired) electrons. The smallest absolute Gasteiger partial charge is 0.319 e. The first kappa shape index (κ1) is 17.1. The highest BCUT2D eigenvalue weighted by atomic mass is 79.9. The first-order valence-corrected chi connectivity index (χ1v) is 7.88. The molecule has 0 aliphatic rings. The van der Waals surface area contributed by atoms with E-state index in [2.05, 4.69) is 26.6 Å². The van der Waals surface area contributed by atoms with E-state index in [1.807, 2.05) is 31.2 Å². The molecule has 0 saturated carbocycles. The molecule has 23 heavy (non-hydrogen) atoms. The third kappa shape index (κ3) is 4.39. The van der Waals surface area contributed by atoms with Crippen LogP contribution in [0.25, 0.3) is 0 Å². The molecule has 2 aromatic carbocycles. The Labute approximate surface area is 144 Å². The van der Waals surface area contributed by atoms with Gasteiger partial charge in [0.1, 0.15) is 11.5 Å². The molecule has 1 unspecified atom stereocenters. The summed E-state index contributed by atoms with van der Waals surface area (Å²) in [7, 11) is 3.12. The number of rotatable bonds is 5. The van der Waals surface area contributed by atoms with Gasteiger partial charge in [-0.15, -0.1) is 0 Å². The normalized spacial score (nSPS) is 11.5. The second-order valence-electron chi connectivity index (χ2n) is 4.91. The average Bonchev–Trinajstić information content (AvgIpc) is 2.54. The number of nitrogens with one attached hydrogen (secondary N) is 2. The minimum atomic E-state index is -0.320. The fourth-order valence-electron chi connectivity index (χ4n) is 2.17. The molecule has 0 aromatic heterocycles. The Balaban J connectivity index is 2.09. The van der Waals surface area contributed by atoms with Crippen LogP contribution in [0.4, 0.5) is 10.5 Å². The van der Waals surface area contributed by atoms with Gasteiger partial charge < -0.3 is 20.1 Å². The van der Waals surface area contributed by atoms with Crippen LogP contribution in [-0.2, 0) is 0 Å². The van der Waals surface area contributed by atoms with Gasteiger partial charge in [-0.25, -0.2) is 4.79 Å². The minimum absolute atomic E-state index is 0.151. The number of hydrogen-bond donors (Lipinski definition) is 2. The molecule has 0 spiro atoms. The van der Waals surface area contributed by atoms with Crippen LogP contribution in [0.1, 0.15) is 18.5 Å². The van der Waals surface area contributed by atoms with E-state index in [9.17, 15) is 4.79 Å². The molecule has 0 fully saturated rings. The summed E-state index contributed by atoms with van der Waals surface area (Å²) in [6.07, 6.45) is 0. The van der Waals surface area contributed by atoms with Gasteiger partial charge in [-0.3, -0.25) is 0 Å². The van der Waals surface area contributed by atoms with E-state index in [1.54, 1.807) is 32.4 Å². The van der Waals surface area contributed by atoms with Gasteiger partial charge >= 0.3 is 6.03 Å². The van der Waals surface area contributed by atoms with Crippen molar-refractivity contribution in [2.75, 3.05) is 19.5 Å². The molecule has 0 bridgehead atoms. The number of carbonyl (C=O) groups excluding carboxylic acids is 1. The van der Waals surface area contributed by atoms with Crippen molar-refractivity contribution in [1.82, 2.24) is 5.32 Å². The lowest BCUT2D eigenvalue weighted by Gasteiger charge is -2.17. The molecular formula is C17H19BrN2O3. The Morgan fingerprint density at radius 2 is 1.87 bits per heavy atom. The molecule has 1 atom stereocenters. The van der Waals surface area contributed by atoms with Crippen molar-refractivity contribution >= 4 is 27.6 Å². The van der Waals surface area contributed by atoms with Crippen molar-refractivity contribution in [2.24, 2.45) is 0 Å². The number of anilines is 1. The minimum Gasteiger partial charge on any atom is -0.497 e. The number of benzene rings is 2. The molecule has 2 rings (SSSR count). The SMILES string of the molecule is COc1ccc(OC)c(NC(=O)NC(C)c2ccccc2Br)c1. The van der Waals surface area contributed by atoms with Crippen molar-refractivity contribution in [2.45, 2.75) is 13.0 Å². The standard InChI is InChI=1S/C17H19BrN2O3/c1-11(13-6-4-5-7-14(13)18)19-17(21)20-15-10-12(22-2)8-9-16(15)23-3/h4-11H,1-3H3,(H2,19,20,21). The second-order valence-corrected chi connectivity index (χ2v) is 5.76. The molecular weight excluding hydrogens is 360 g/mol. The monoisotopic (exact) mass is 378 g/mol. The van der Waals surface area contributed by atoms with Crippen LogP contribution in [0.15, 0.2) is 46.9 Å². The maximum Gasteiger partial charge on any atom is 0.319 e. The summed E-state index contributed by atoms with van der Waals surface area (Å²) in [6.45, 7) is 1.92. The van der Waals surface area contributed by atoms with Gasteiger partial charge in [0.2, 0.25) is 0 Å². The molecule has 0 aliphatic heterocycles. The largest absolute Gasteiger partial charge is 0.497 e. The van der Waals surface area contributed by atoms with E-state index < -0.39 is 0 Å². The third-order valence-electron chi connectivity index (χ3n) is 3.37. The van der Waals surface area contributed by atoms with Crippen molar-refractivity contribution in [3.05, 3.63) is 52.5 Å². The van der Waals surface area contributed by atoms with Crippen molar-refractivity contribution in [3.63, 3.8) is 0 Å². The van der Waals surface area contributed by atoms with E-state index in [-0.39, 0.29) is 12.1 Å². The number of carbonyl (C=O) groups is 1. The molecule has 0 aliphatic carbocycles. The number of methoxy groups -OCH3 is 2. The maximum atomic E-state index is 12.2. The lowest BCUT2D eigenvalue weighted by Crippen LogP contribution is -2.31. The van der Waals surface area contributed by atoms with E-state index >= 15 is 0 Å². The van der Waals surface area contributed by atoms with Gasteiger partial charge in [-0.2, -0.15) is 0 Å². The van der Waals surface area contributed by atoms with Crippen molar-refractivity contribution in [1.29, 1.82) is 0 Å². The molecule has 2 aromatic rings. The number of halogens is 1. The summed E-state index contributed by atoms with van der Waals surface area (Å²) in [4.78, 5) is 12.2. The van der Waals surface area contributed by atoms with Crippen LogP contribution in [0.5, 0.6) is 11.5 Å². The summed E-state index contributed by atoms with van der Waals surface area (Å²) in [5, 5.41) is 5.68. The molecule has 2 N–H and O–H groups in total. The first-order chi connectivity index (χ1) is 11.0. The highest BCUT2D eigenvalue weighted by molar-refractivity contribution is 9.10. The Kier molecular flexibility index (Phi) is 5.87. The number of amides is 2. The highest BCUT2D eigenvalue weighted by Gasteiger charge is 2.14. The average molecular weight is 379 g/mol. The lowest BCUT2D eigenvalue weighted by molar-refractivity contribution is 0.249. The quantitative estimate of drug-likeness (QED) is 0.812. The third-order valence-corrected chi connectivity index (χ3v) is 4.10. The van der Waals surface area contributed by atoms with Gasteiger partial charge in [0.15, 0.2) is 0 Å². The summed E-state index contributed by atoms with van der Waals surface area (Å²) in [6, 6.07) is 12.5. The lowest BCUT2D eigenvalue weighted by atomic mass is 10.1. The Morgan fingerprint density at radius 3 is 2.52 bits per heavy atom. The fourth-order valence-corrected chi connectivity index (χ4v) is 2.80. The summed E-state index contributed by atoms with van der Waals surface area (Å²) in [5.74, 6) is 1.20. The zero-order valence-corrected chi connectivity index (χ0v) is 14.8. The number of hydrogen-bond acceptors (Lipinski definition) is 3. The number of urea groups is 1. The summed E-state index contributed by atoms with van der Waals surface area (Å²) in [5.41, 5.74) is 1.55. The second kappa shape index (κ2) is 7.87. The van der Waals surface area contributed by atoms with Crippen LogP contribution in [0.3, 0.4) is 0 Å². The summed E-state index contributed by atoms with van der Waals surface area (Å²) >= 11 is 3.49. The number of ether oxygens (including phenoxy) is 2. The van der Waals surface area contributed by atoms with Crippen molar-refractivity contribution < 1.29 is 14.3 Å². The fraction of sp³-hybridized carbons (Fsp3) is 0.235. The molecule has 0 saturated heterocycles. The van der Waals surface area contributed by atoms with Crippen LogP contribution in [0, 0.1) is 0 Å². The molecule has 5 nitrogen and oxygen atoms in total. The molecule has 6 heteroatoms. The summed E-state index contributed by atoms with van der Waals surface area (Å²) < 4.78 is 11.4. The molecule has 2 amide bonds. The zero-order valence-electron chi connectivity index (χ0n) is 13.2. The Hall–Kier alpha value is -2.21. The van der Waals surface area contributed by atoms with Crippen LogP contribution >= 0.6 is 15.9 Å². The van der Waals surface area contributed by atoms with Gasteiger partial charge in [-0.05, 0) is 30.7 Å². The van der Waals surface area contributed by atoms with Crippen molar-refractivity contribution in [3.8, 4) is 11.5 Å². The van der Waals surface area contributed by atoms with Crippen LogP contribution in [-0.4, -0.2) is 20.3 Å². The van der Waals surface area contributed by atoms with Crippen LogP contribution in [0.2, 0.25) is 0 Å². The maximum absolute atomic E-state index is 12.2. The van der Waals surface area contributed by atoms with Crippen LogP contribution < -0.4 is 20.1 Å². The predicted octanol–water partition coefficient (Wildman–Crippen LogP) is 4.35. The predicted molar refractivity (Wildman–Crippen MR) is 94.3 cm³/mol. The van der Waals surface area contributed by atoms with E-state index in [4.69, 9.17) is 9.47 Å². The molecule has 0 heterocycles. The Bertz CT molecular complexity index is 691. The van der Waals surface area contributed by atoms with E-state index in [0.29, 0.717) is 17.2 Å². The van der Waals surface area contributed by atoms with E-state index in [0.717, 1.165) is 10.0 Å². The first-order valence-electron chi connectivity index (χ1n) is 7.09. The highest BCUT2D eigenvalue weighted by Crippen LogP contribution is 2.29. The Morgan fingerprint density at radius 1 is 1.13 bits per heavy atom. The van der Waals surface area contributed by atoms with E-state index in [1.165, 1.54) is 0 Å². The molecule has 122 valence electrons. The van der Waals surface area contributed by atoms with Gasteiger partial charge in [-0.1, -0.05) is 34.1 Å². The topological polar surface area (TPSA) is 59.6 Å².